The van der Waals surface area contributed by atoms with Crippen LogP contribution in [0.2, 0.25) is 0 Å². The minimum atomic E-state index is -1.27. The quantitative estimate of drug-likeness (QED) is 0.369. The van der Waals surface area contributed by atoms with Gasteiger partial charge in [-0.25, -0.2) is 0 Å². The Kier molecular flexibility index (Phi) is 3.88. The zero-order valence-electron chi connectivity index (χ0n) is 13.6. The van der Waals surface area contributed by atoms with Gasteiger partial charge in [-0.3, -0.25) is 9.59 Å². The van der Waals surface area contributed by atoms with E-state index in [0.29, 0.717) is 17.9 Å². The van der Waals surface area contributed by atoms with Crippen LogP contribution in [0.15, 0.2) is 72.8 Å². The van der Waals surface area contributed by atoms with Crippen molar-refractivity contribution in [1.82, 2.24) is 0 Å². The van der Waals surface area contributed by atoms with E-state index in [2.05, 4.69) is 6.08 Å². The molecule has 25 heavy (non-hydrogen) atoms. The Hall–Kier alpha value is -2.88. The molecule has 2 aliphatic carbocycles. The summed E-state index contributed by atoms with van der Waals surface area (Å²) in [5.41, 5.74) is -1.27. The predicted molar refractivity (Wildman–Crippen MR) is 91.9 cm³/mol. The Morgan fingerprint density at radius 1 is 0.800 bits per heavy atom. The number of benzene rings is 2. The third kappa shape index (κ3) is 2.74. The van der Waals surface area contributed by atoms with Gasteiger partial charge in [-0.15, -0.1) is 0 Å². The smallest absolute Gasteiger partial charge is 0.329 e. The normalized spacial score (nSPS) is 22.6. The highest BCUT2D eigenvalue weighted by molar-refractivity contribution is 6.03. The lowest BCUT2D eigenvalue weighted by Gasteiger charge is -2.30. The van der Waals surface area contributed by atoms with E-state index in [1.165, 1.54) is 0 Å². The molecular weight excluding hydrogens is 316 g/mol. The summed E-state index contributed by atoms with van der Waals surface area (Å²) in [6, 6.07) is 17.7. The zero-order chi connectivity index (χ0) is 17.3. The molecule has 2 aromatic rings. The van der Waals surface area contributed by atoms with Gasteiger partial charge in [-0.05, 0) is 43.0 Å². The fourth-order valence-electron chi connectivity index (χ4n) is 3.78. The van der Waals surface area contributed by atoms with E-state index in [1.54, 1.807) is 48.5 Å². The maximum Gasteiger partial charge on any atom is 0.329 e. The maximum atomic E-state index is 13.0. The fraction of sp³-hybridized carbons (Fsp3) is 0.238. The van der Waals surface area contributed by atoms with E-state index in [9.17, 15) is 9.59 Å². The molecular formula is C21H18O4. The Bertz CT molecular complexity index is 757. The lowest BCUT2D eigenvalue weighted by Crippen LogP contribution is -2.47. The van der Waals surface area contributed by atoms with E-state index < -0.39 is 17.4 Å². The van der Waals surface area contributed by atoms with Crippen molar-refractivity contribution in [3.8, 4) is 11.5 Å². The average Bonchev–Trinajstić information content (AvgIpc) is 3.25. The summed E-state index contributed by atoms with van der Waals surface area (Å²) < 4.78 is 11.1. The van der Waals surface area contributed by atoms with Gasteiger partial charge < -0.3 is 9.47 Å². The third-order valence-electron chi connectivity index (χ3n) is 5.03. The molecule has 0 aliphatic heterocycles. The van der Waals surface area contributed by atoms with Crippen LogP contribution in [0.25, 0.3) is 0 Å². The molecule has 4 nitrogen and oxygen atoms in total. The summed E-state index contributed by atoms with van der Waals surface area (Å²) in [4.78, 5) is 26.0. The lowest BCUT2D eigenvalue weighted by atomic mass is 9.75. The van der Waals surface area contributed by atoms with Gasteiger partial charge >= 0.3 is 11.9 Å². The monoisotopic (exact) mass is 334 g/mol. The Morgan fingerprint density at radius 2 is 1.32 bits per heavy atom. The second-order valence-electron chi connectivity index (χ2n) is 6.57. The van der Waals surface area contributed by atoms with Crippen LogP contribution in [0.5, 0.6) is 11.5 Å². The molecule has 4 rings (SSSR count). The van der Waals surface area contributed by atoms with Crippen molar-refractivity contribution in [3.63, 3.8) is 0 Å². The van der Waals surface area contributed by atoms with Gasteiger partial charge in [0.25, 0.3) is 0 Å². The van der Waals surface area contributed by atoms with Crippen LogP contribution in [-0.4, -0.2) is 11.9 Å². The molecule has 0 saturated heterocycles. The molecule has 0 radical (unpaired) electrons. The van der Waals surface area contributed by atoms with Crippen LogP contribution in [0, 0.1) is 17.3 Å². The molecule has 2 unspecified atom stereocenters. The number of ether oxygens (including phenoxy) is 2. The van der Waals surface area contributed by atoms with E-state index in [0.717, 1.165) is 6.42 Å². The highest BCUT2D eigenvalue weighted by Crippen LogP contribution is 2.53. The van der Waals surface area contributed by atoms with Gasteiger partial charge in [0.15, 0.2) is 5.41 Å². The third-order valence-corrected chi connectivity index (χ3v) is 5.03. The number of carbonyl (C=O) groups excluding carboxylic acids is 2. The Balaban J connectivity index is 1.63. The first-order chi connectivity index (χ1) is 12.2. The van der Waals surface area contributed by atoms with Gasteiger partial charge in [0.2, 0.25) is 0 Å². The van der Waals surface area contributed by atoms with Crippen molar-refractivity contribution in [2.45, 2.75) is 12.8 Å². The number of esters is 2. The van der Waals surface area contributed by atoms with Crippen LogP contribution in [0.1, 0.15) is 12.8 Å². The van der Waals surface area contributed by atoms with Crippen molar-refractivity contribution < 1.29 is 19.1 Å². The molecule has 4 heteroatoms. The first-order valence-electron chi connectivity index (χ1n) is 8.41. The Labute approximate surface area is 146 Å². The van der Waals surface area contributed by atoms with Gasteiger partial charge in [0.05, 0.1) is 0 Å². The minimum absolute atomic E-state index is 0.176. The molecule has 1 saturated carbocycles. The van der Waals surface area contributed by atoms with Gasteiger partial charge in [0.1, 0.15) is 11.5 Å². The van der Waals surface area contributed by atoms with Crippen molar-refractivity contribution in [2.75, 3.05) is 0 Å². The summed E-state index contributed by atoms with van der Waals surface area (Å²) in [7, 11) is 0. The minimum Gasteiger partial charge on any atom is -0.426 e. The first-order valence-corrected chi connectivity index (χ1v) is 8.41. The highest BCUT2D eigenvalue weighted by Gasteiger charge is 2.61. The number of hydrogen-bond acceptors (Lipinski definition) is 4. The number of carbonyl (C=O) groups is 2. The van der Waals surface area contributed by atoms with E-state index >= 15 is 0 Å². The molecule has 0 N–H and O–H groups in total. The molecule has 1 fully saturated rings. The topological polar surface area (TPSA) is 52.6 Å². The summed E-state index contributed by atoms with van der Waals surface area (Å²) in [5.74, 6) is -0.146. The van der Waals surface area contributed by atoms with Gasteiger partial charge in [-0.2, -0.15) is 0 Å². The van der Waals surface area contributed by atoms with Gasteiger partial charge in [-0.1, -0.05) is 48.6 Å². The second-order valence-corrected chi connectivity index (χ2v) is 6.57. The molecule has 2 aromatic carbocycles. The molecule has 126 valence electrons. The fourth-order valence-corrected chi connectivity index (χ4v) is 3.78. The summed E-state index contributed by atoms with van der Waals surface area (Å²) in [5, 5.41) is 0. The lowest BCUT2D eigenvalue weighted by molar-refractivity contribution is -0.163. The van der Waals surface area contributed by atoms with Crippen LogP contribution >= 0.6 is 0 Å². The number of hydrogen-bond donors (Lipinski definition) is 0. The average molecular weight is 334 g/mol. The molecule has 0 aromatic heterocycles. The number of fused-ring (bicyclic) bond motifs is 2. The van der Waals surface area contributed by atoms with Crippen molar-refractivity contribution >= 4 is 11.9 Å². The van der Waals surface area contributed by atoms with Crippen LogP contribution < -0.4 is 9.47 Å². The van der Waals surface area contributed by atoms with Crippen molar-refractivity contribution in [3.05, 3.63) is 72.8 Å². The molecule has 0 amide bonds. The van der Waals surface area contributed by atoms with Gasteiger partial charge in [0, 0.05) is 5.92 Å². The molecule has 2 atom stereocenters. The molecule has 0 heterocycles. The summed E-state index contributed by atoms with van der Waals surface area (Å²) >= 11 is 0. The number of para-hydroxylation sites is 2. The summed E-state index contributed by atoms with van der Waals surface area (Å²) in [6.45, 7) is 0. The van der Waals surface area contributed by atoms with Crippen molar-refractivity contribution in [1.29, 1.82) is 0 Å². The van der Waals surface area contributed by atoms with Crippen LogP contribution in [0.3, 0.4) is 0 Å². The predicted octanol–water partition coefficient (Wildman–Crippen LogP) is 3.78. The zero-order valence-corrected chi connectivity index (χ0v) is 13.6. The highest BCUT2D eigenvalue weighted by atomic mass is 16.6. The standard InChI is InChI=1S/C21H18O4/c22-19(24-17-7-3-1-4-8-17)21(14-15-11-12-16(21)13-15)20(23)25-18-9-5-2-6-10-18/h1-12,15-16H,13-14H2. The van der Waals surface area contributed by atoms with E-state index in [-0.39, 0.29) is 11.8 Å². The molecule has 2 aliphatic rings. The van der Waals surface area contributed by atoms with Crippen LogP contribution in [0.4, 0.5) is 0 Å². The molecule has 2 bridgehead atoms. The Morgan fingerprint density at radius 3 is 1.72 bits per heavy atom. The van der Waals surface area contributed by atoms with Crippen molar-refractivity contribution in [2.24, 2.45) is 17.3 Å². The molecule has 0 spiro atoms. The van der Waals surface area contributed by atoms with Crippen LogP contribution in [-0.2, 0) is 9.59 Å². The van der Waals surface area contributed by atoms with E-state index in [4.69, 9.17) is 9.47 Å². The summed E-state index contributed by atoms with van der Waals surface area (Å²) in [6.07, 6.45) is 5.25. The second kappa shape index (κ2) is 6.20. The SMILES string of the molecule is O=C(Oc1ccccc1)C1(C(=O)Oc2ccccc2)CC2C=CC1C2. The number of rotatable bonds is 4. The maximum absolute atomic E-state index is 13.0. The number of allylic oxidation sites excluding steroid dienone is 2. The van der Waals surface area contributed by atoms with E-state index in [1.807, 2.05) is 18.2 Å². The largest absolute Gasteiger partial charge is 0.426 e. The first kappa shape index (κ1) is 15.6.